The van der Waals surface area contributed by atoms with E-state index < -0.39 is 0 Å². The lowest BCUT2D eigenvalue weighted by Crippen LogP contribution is -2.28. The number of halogens is 1. The smallest absolute Gasteiger partial charge is 0.273 e. The molecule has 24 heavy (non-hydrogen) atoms. The first kappa shape index (κ1) is 17.8. The van der Waals surface area contributed by atoms with E-state index in [1.807, 2.05) is 0 Å². The summed E-state index contributed by atoms with van der Waals surface area (Å²) >= 11 is 0. The molecule has 0 bridgehead atoms. The third-order valence-corrected chi connectivity index (χ3v) is 3.70. The zero-order chi connectivity index (χ0) is 17.4. The summed E-state index contributed by atoms with van der Waals surface area (Å²) in [5.41, 5.74) is 1.39. The molecule has 0 aliphatic heterocycles. The van der Waals surface area contributed by atoms with E-state index in [-0.39, 0.29) is 11.7 Å². The van der Waals surface area contributed by atoms with Gasteiger partial charge in [0.15, 0.2) is 0 Å². The Morgan fingerprint density at radius 1 is 1.21 bits per heavy atom. The third kappa shape index (κ3) is 5.30. The first-order chi connectivity index (χ1) is 11.6. The van der Waals surface area contributed by atoms with Crippen LogP contribution in [0.1, 0.15) is 35.8 Å². The van der Waals surface area contributed by atoms with E-state index in [2.05, 4.69) is 22.2 Å². The van der Waals surface area contributed by atoms with E-state index >= 15 is 0 Å². The zero-order valence-electron chi connectivity index (χ0n) is 14.1. The van der Waals surface area contributed by atoms with Gasteiger partial charge < -0.3 is 10.2 Å². The second-order valence-electron chi connectivity index (χ2n) is 5.67. The largest absolute Gasteiger partial charge is 0.368 e. The zero-order valence-corrected chi connectivity index (χ0v) is 14.1. The molecule has 2 rings (SSSR count). The Morgan fingerprint density at radius 3 is 2.58 bits per heavy atom. The van der Waals surface area contributed by atoms with Gasteiger partial charge in [0.05, 0.1) is 12.4 Å². The molecule has 0 saturated carbocycles. The van der Waals surface area contributed by atoms with Gasteiger partial charge in [0.2, 0.25) is 0 Å². The highest BCUT2D eigenvalue weighted by Gasteiger charge is 2.12. The van der Waals surface area contributed by atoms with Crippen LogP contribution in [-0.4, -0.2) is 40.9 Å². The van der Waals surface area contributed by atoms with E-state index in [0.717, 1.165) is 24.8 Å². The summed E-state index contributed by atoms with van der Waals surface area (Å²) in [6.07, 6.45) is 5.82. The monoisotopic (exact) mass is 330 g/mol. The summed E-state index contributed by atoms with van der Waals surface area (Å²) in [6.45, 7) is 3.46. The number of rotatable bonds is 8. The lowest BCUT2D eigenvalue weighted by Gasteiger charge is -2.16. The summed E-state index contributed by atoms with van der Waals surface area (Å²) in [5, 5.41) is 3.15. The van der Waals surface area contributed by atoms with Gasteiger partial charge in [-0.25, -0.2) is 14.4 Å². The Labute approximate surface area is 141 Å². The second kappa shape index (κ2) is 8.96. The molecule has 0 unspecified atom stereocenters. The standard InChI is InChI=1S/C18H23FN4O/c1-3-4-11-23(2)18(24)16-12-22-17(13-21-16)20-10-9-14-5-7-15(19)8-6-14/h5-8,12-13H,3-4,9-11H2,1-2H3,(H,20,22). The summed E-state index contributed by atoms with van der Waals surface area (Å²) in [4.78, 5) is 22.2. The SMILES string of the molecule is CCCCN(C)C(=O)c1cnc(NCCc2ccc(F)cc2)cn1. The van der Waals surface area contributed by atoms with E-state index in [9.17, 15) is 9.18 Å². The quantitative estimate of drug-likeness (QED) is 0.808. The lowest BCUT2D eigenvalue weighted by molar-refractivity contribution is 0.0787. The van der Waals surface area contributed by atoms with Gasteiger partial charge in [-0.2, -0.15) is 0 Å². The van der Waals surface area contributed by atoms with Gasteiger partial charge >= 0.3 is 0 Å². The normalized spacial score (nSPS) is 10.5. The first-order valence-electron chi connectivity index (χ1n) is 8.16. The molecule has 6 heteroatoms. The Bertz CT molecular complexity index is 643. The van der Waals surface area contributed by atoms with Gasteiger partial charge in [0.25, 0.3) is 5.91 Å². The molecule has 0 fully saturated rings. The highest BCUT2D eigenvalue weighted by molar-refractivity contribution is 5.91. The summed E-state index contributed by atoms with van der Waals surface area (Å²) in [6, 6.07) is 6.42. The molecule has 0 aliphatic carbocycles. The van der Waals surface area contributed by atoms with Gasteiger partial charge in [-0.15, -0.1) is 0 Å². The molecular formula is C18H23FN4O. The van der Waals surface area contributed by atoms with Crippen molar-refractivity contribution in [1.29, 1.82) is 0 Å². The van der Waals surface area contributed by atoms with Crippen LogP contribution in [0.2, 0.25) is 0 Å². The van der Waals surface area contributed by atoms with Crippen molar-refractivity contribution in [3.05, 3.63) is 53.7 Å². The molecule has 128 valence electrons. The number of nitrogens with one attached hydrogen (secondary N) is 1. The van der Waals surface area contributed by atoms with Crippen molar-refractivity contribution in [2.45, 2.75) is 26.2 Å². The molecule has 0 aliphatic rings. The minimum Gasteiger partial charge on any atom is -0.368 e. The number of unbranched alkanes of at least 4 members (excludes halogenated alkanes) is 1. The predicted octanol–water partition coefficient (Wildman–Crippen LogP) is 3.14. The number of nitrogens with zero attached hydrogens (tertiary/aromatic N) is 3. The molecule has 0 radical (unpaired) electrons. The highest BCUT2D eigenvalue weighted by Crippen LogP contribution is 2.07. The number of carbonyl (C=O) groups is 1. The molecule has 0 atom stereocenters. The van der Waals surface area contributed by atoms with Crippen molar-refractivity contribution < 1.29 is 9.18 Å². The van der Waals surface area contributed by atoms with E-state index in [1.54, 1.807) is 30.3 Å². The fourth-order valence-electron chi connectivity index (χ4n) is 2.21. The number of hydrogen-bond donors (Lipinski definition) is 1. The summed E-state index contributed by atoms with van der Waals surface area (Å²) < 4.78 is 12.8. The van der Waals surface area contributed by atoms with Crippen molar-refractivity contribution in [3.8, 4) is 0 Å². The highest BCUT2D eigenvalue weighted by atomic mass is 19.1. The minimum absolute atomic E-state index is 0.117. The Morgan fingerprint density at radius 2 is 1.96 bits per heavy atom. The predicted molar refractivity (Wildman–Crippen MR) is 92.5 cm³/mol. The van der Waals surface area contributed by atoms with Crippen molar-refractivity contribution in [3.63, 3.8) is 0 Å². The van der Waals surface area contributed by atoms with Gasteiger partial charge in [-0.1, -0.05) is 25.5 Å². The molecule has 1 N–H and O–H groups in total. The number of benzene rings is 1. The Balaban J connectivity index is 1.83. The van der Waals surface area contributed by atoms with Crippen LogP contribution in [0.3, 0.4) is 0 Å². The van der Waals surface area contributed by atoms with Crippen molar-refractivity contribution >= 4 is 11.7 Å². The summed E-state index contributed by atoms with van der Waals surface area (Å²) in [7, 11) is 1.77. The average Bonchev–Trinajstić information content (AvgIpc) is 2.61. The van der Waals surface area contributed by atoms with Crippen LogP contribution in [0.15, 0.2) is 36.7 Å². The molecule has 2 aromatic rings. The number of carbonyl (C=O) groups excluding carboxylic acids is 1. The lowest BCUT2D eigenvalue weighted by atomic mass is 10.1. The molecule has 1 aromatic carbocycles. The topological polar surface area (TPSA) is 58.1 Å². The fourth-order valence-corrected chi connectivity index (χ4v) is 2.21. The van der Waals surface area contributed by atoms with Crippen LogP contribution < -0.4 is 5.32 Å². The molecule has 0 spiro atoms. The minimum atomic E-state index is -0.235. The van der Waals surface area contributed by atoms with Crippen molar-refractivity contribution in [1.82, 2.24) is 14.9 Å². The van der Waals surface area contributed by atoms with E-state index in [4.69, 9.17) is 0 Å². The first-order valence-corrected chi connectivity index (χ1v) is 8.16. The molecule has 1 aromatic heterocycles. The van der Waals surface area contributed by atoms with Gasteiger partial charge in [-0.3, -0.25) is 4.79 Å². The molecule has 5 nitrogen and oxygen atoms in total. The molecule has 0 saturated heterocycles. The van der Waals surface area contributed by atoms with Crippen LogP contribution >= 0.6 is 0 Å². The number of anilines is 1. The van der Waals surface area contributed by atoms with E-state index in [0.29, 0.717) is 24.6 Å². The fraction of sp³-hybridized carbons (Fsp3) is 0.389. The van der Waals surface area contributed by atoms with Gasteiger partial charge in [0, 0.05) is 20.1 Å². The number of hydrogen-bond acceptors (Lipinski definition) is 4. The van der Waals surface area contributed by atoms with E-state index in [1.165, 1.54) is 18.3 Å². The molecular weight excluding hydrogens is 307 g/mol. The number of amides is 1. The van der Waals surface area contributed by atoms with Crippen LogP contribution in [0.5, 0.6) is 0 Å². The van der Waals surface area contributed by atoms with Gasteiger partial charge in [-0.05, 0) is 30.5 Å². The van der Waals surface area contributed by atoms with Crippen LogP contribution in [-0.2, 0) is 6.42 Å². The number of aromatic nitrogens is 2. The van der Waals surface area contributed by atoms with Crippen LogP contribution in [0.4, 0.5) is 10.2 Å². The van der Waals surface area contributed by atoms with Crippen molar-refractivity contribution in [2.24, 2.45) is 0 Å². The Kier molecular flexibility index (Phi) is 6.66. The molecule has 1 amide bonds. The molecule has 1 heterocycles. The van der Waals surface area contributed by atoms with Crippen molar-refractivity contribution in [2.75, 3.05) is 25.5 Å². The Hall–Kier alpha value is -2.50. The van der Waals surface area contributed by atoms with Gasteiger partial charge in [0.1, 0.15) is 17.3 Å². The summed E-state index contributed by atoms with van der Waals surface area (Å²) in [5.74, 6) is 0.264. The van der Waals surface area contributed by atoms with Crippen LogP contribution in [0.25, 0.3) is 0 Å². The maximum absolute atomic E-state index is 12.8. The second-order valence-corrected chi connectivity index (χ2v) is 5.67. The maximum atomic E-state index is 12.8. The maximum Gasteiger partial charge on any atom is 0.273 e. The third-order valence-electron chi connectivity index (χ3n) is 3.70. The average molecular weight is 330 g/mol. The van der Waals surface area contributed by atoms with Crippen LogP contribution in [0, 0.1) is 5.82 Å².